The average molecular weight is 364 g/mol. The Morgan fingerprint density at radius 3 is 3.07 bits per heavy atom. The van der Waals surface area contributed by atoms with Gasteiger partial charge in [0.15, 0.2) is 0 Å². The van der Waals surface area contributed by atoms with Crippen LogP contribution >= 0.6 is 0 Å². The Morgan fingerprint density at radius 1 is 1.33 bits per heavy atom. The average Bonchev–Trinajstić information content (AvgIpc) is 3.25. The van der Waals surface area contributed by atoms with E-state index in [9.17, 15) is 9.59 Å². The first-order valence-corrected chi connectivity index (χ1v) is 9.38. The van der Waals surface area contributed by atoms with E-state index in [1.807, 2.05) is 19.1 Å². The Labute approximate surface area is 156 Å². The molecule has 3 aliphatic rings. The minimum atomic E-state index is -0.170. The zero-order valence-electron chi connectivity index (χ0n) is 15.0. The van der Waals surface area contributed by atoms with E-state index in [-0.39, 0.29) is 29.8 Å². The molecule has 1 N–H and O–H groups in total. The summed E-state index contributed by atoms with van der Waals surface area (Å²) in [6.07, 6.45) is 3.64. The van der Waals surface area contributed by atoms with Crippen molar-refractivity contribution in [3.63, 3.8) is 0 Å². The van der Waals surface area contributed by atoms with Gasteiger partial charge < -0.3 is 14.8 Å². The fourth-order valence-electron chi connectivity index (χ4n) is 4.28. The van der Waals surface area contributed by atoms with Crippen molar-refractivity contribution < 1.29 is 19.1 Å². The molecule has 0 spiro atoms. The SMILES string of the molecule is CCOC(=O)[C@@H]1[C@H]2Oc3ccc(Cc4ccnc5c4CCC(=O)N5)cc3[C@H]21. The van der Waals surface area contributed by atoms with E-state index < -0.39 is 0 Å². The normalized spacial score (nSPS) is 24.2. The maximum atomic E-state index is 12.0. The number of amides is 1. The topological polar surface area (TPSA) is 77.5 Å². The van der Waals surface area contributed by atoms with E-state index in [1.54, 1.807) is 6.20 Å². The minimum absolute atomic E-state index is 0.0200. The molecule has 0 saturated heterocycles. The largest absolute Gasteiger partial charge is 0.489 e. The number of pyridine rings is 1. The van der Waals surface area contributed by atoms with Crippen LogP contribution in [-0.4, -0.2) is 29.6 Å². The van der Waals surface area contributed by atoms with Crippen LogP contribution in [0.4, 0.5) is 5.82 Å². The lowest BCUT2D eigenvalue weighted by molar-refractivity contribution is -0.145. The number of hydrogen-bond acceptors (Lipinski definition) is 5. The molecule has 27 heavy (non-hydrogen) atoms. The molecule has 1 amide bonds. The summed E-state index contributed by atoms with van der Waals surface area (Å²) in [5.74, 6) is 1.35. The standard InChI is InChI=1S/C21H20N2O4/c1-2-26-21(25)18-17-14-10-11(3-5-15(14)27-19(17)18)9-12-7-8-22-20-13(12)4-6-16(24)23-20/h3,5,7-8,10,17-19H,2,4,6,9H2,1H3,(H,22,23,24)/t17-,18-,19-/m0/s1. The smallest absolute Gasteiger partial charge is 0.313 e. The molecule has 1 aliphatic carbocycles. The molecule has 0 radical (unpaired) electrons. The third-order valence-electron chi connectivity index (χ3n) is 5.62. The molecule has 0 bridgehead atoms. The van der Waals surface area contributed by atoms with Gasteiger partial charge in [-0.2, -0.15) is 0 Å². The number of nitrogens with one attached hydrogen (secondary N) is 1. The number of ether oxygens (including phenoxy) is 2. The van der Waals surface area contributed by atoms with Gasteiger partial charge >= 0.3 is 5.97 Å². The summed E-state index contributed by atoms with van der Waals surface area (Å²) in [4.78, 5) is 27.9. The number of carbonyl (C=O) groups excluding carboxylic acids is 2. The van der Waals surface area contributed by atoms with Crippen molar-refractivity contribution in [2.24, 2.45) is 5.92 Å². The van der Waals surface area contributed by atoms with Crippen LogP contribution in [0.15, 0.2) is 30.5 Å². The monoisotopic (exact) mass is 364 g/mol. The Hall–Kier alpha value is -2.89. The molecular formula is C21H20N2O4. The molecule has 2 aromatic rings. The lowest BCUT2D eigenvalue weighted by Gasteiger charge is -2.19. The fourth-order valence-corrected chi connectivity index (χ4v) is 4.28. The third kappa shape index (κ3) is 2.67. The second-order valence-corrected chi connectivity index (χ2v) is 7.28. The zero-order valence-corrected chi connectivity index (χ0v) is 15.0. The number of esters is 1. The van der Waals surface area contributed by atoms with E-state index in [4.69, 9.17) is 9.47 Å². The maximum Gasteiger partial charge on any atom is 0.313 e. The van der Waals surface area contributed by atoms with Crippen LogP contribution in [0.2, 0.25) is 0 Å². The first-order valence-electron chi connectivity index (χ1n) is 9.38. The van der Waals surface area contributed by atoms with Crippen molar-refractivity contribution in [1.29, 1.82) is 0 Å². The van der Waals surface area contributed by atoms with Crippen molar-refractivity contribution in [3.05, 3.63) is 52.7 Å². The highest BCUT2D eigenvalue weighted by Gasteiger charge is 2.63. The second kappa shape index (κ2) is 6.08. The van der Waals surface area contributed by atoms with Crippen molar-refractivity contribution >= 4 is 17.7 Å². The predicted octanol–water partition coefficient (Wildman–Crippen LogP) is 2.59. The number of fused-ring (bicyclic) bond motifs is 4. The molecule has 6 heteroatoms. The minimum Gasteiger partial charge on any atom is -0.489 e. The molecule has 6 nitrogen and oxygen atoms in total. The summed E-state index contributed by atoms with van der Waals surface area (Å²) in [7, 11) is 0. The van der Waals surface area contributed by atoms with Gasteiger partial charge in [-0.05, 0) is 48.6 Å². The van der Waals surface area contributed by atoms with Crippen LogP contribution < -0.4 is 10.1 Å². The predicted molar refractivity (Wildman–Crippen MR) is 97.7 cm³/mol. The Kier molecular flexibility index (Phi) is 3.67. The van der Waals surface area contributed by atoms with Crippen molar-refractivity contribution in [3.8, 4) is 5.75 Å². The van der Waals surface area contributed by atoms with E-state index in [1.165, 1.54) is 5.56 Å². The van der Waals surface area contributed by atoms with Gasteiger partial charge in [0, 0.05) is 24.1 Å². The van der Waals surface area contributed by atoms with Crippen LogP contribution in [-0.2, 0) is 27.2 Å². The molecule has 1 aromatic heterocycles. The highest BCUT2D eigenvalue weighted by molar-refractivity contribution is 5.93. The van der Waals surface area contributed by atoms with Crippen molar-refractivity contribution in [2.75, 3.05) is 11.9 Å². The summed E-state index contributed by atoms with van der Waals surface area (Å²) < 4.78 is 11.1. The van der Waals surface area contributed by atoms with Crippen LogP contribution in [0.25, 0.3) is 0 Å². The number of benzene rings is 1. The first-order chi connectivity index (χ1) is 13.2. The highest BCUT2D eigenvalue weighted by Crippen LogP contribution is 2.58. The molecule has 3 atom stereocenters. The molecule has 3 heterocycles. The lowest BCUT2D eigenvalue weighted by Crippen LogP contribution is -2.21. The van der Waals surface area contributed by atoms with Gasteiger partial charge in [0.25, 0.3) is 0 Å². The van der Waals surface area contributed by atoms with E-state index in [2.05, 4.69) is 22.4 Å². The molecule has 1 fully saturated rings. The number of anilines is 1. The number of nitrogens with zero attached hydrogens (tertiary/aromatic N) is 1. The Bertz CT molecular complexity index is 955. The van der Waals surface area contributed by atoms with Crippen molar-refractivity contribution in [1.82, 2.24) is 4.98 Å². The number of hydrogen-bond donors (Lipinski definition) is 1. The van der Waals surface area contributed by atoms with E-state index in [0.29, 0.717) is 25.3 Å². The van der Waals surface area contributed by atoms with Crippen LogP contribution in [0, 0.1) is 5.92 Å². The quantitative estimate of drug-likeness (QED) is 0.844. The molecule has 5 rings (SSSR count). The molecule has 1 aromatic carbocycles. The summed E-state index contributed by atoms with van der Waals surface area (Å²) in [5, 5.41) is 2.85. The molecule has 138 valence electrons. The van der Waals surface area contributed by atoms with Gasteiger partial charge in [-0.3, -0.25) is 9.59 Å². The summed E-state index contributed by atoms with van der Waals surface area (Å²) in [6, 6.07) is 8.22. The molecule has 1 saturated carbocycles. The fraction of sp³-hybridized carbons (Fsp3) is 0.381. The number of carbonyl (C=O) groups is 2. The van der Waals surface area contributed by atoms with Gasteiger partial charge in [-0.1, -0.05) is 12.1 Å². The Balaban J connectivity index is 1.39. The van der Waals surface area contributed by atoms with Gasteiger partial charge in [0.05, 0.1) is 6.61 Å². The first kappa shape index (κ1) is 16.3. The van der Waals surface area contributed by atoms with Gasteiger partial charge in [0.2, 0.25) is 5.91 Å². The van der Waals surface area contributed by atoms with Gasteiger partial charge in [-0.25, -0.2) is 4.98 Å². The molecular weight excluding hydrogens is 344 g/mol. The zero-order chi connectivity index (χ0) is 18.5. The van der Waals surface area contributed by atoms with Crippen LogP contribution in [0.1, 0.15) is 41.5 Å². The summed E-state index contributed by atoms with van der Waals surface area (Å²) in [6.45, 7) is 2.21. The van der Waals surface area contributed by atoms with E-state index >= 15 is 0 Å². The lowest BCUT2D eigenvalue weighted by atomic mass is 9.94. The van der Waals surface area contributed by atoms with Gasteiger partial charge in [-0.15, -0.1) is 0 Å². The Morgan fingerprint density at radius 2 is 2.22 bits per heavy atom. The van der Waals surface area contributed by atoms with E-state index in [0.717, 1.165) is 28.9 Å². The van der Waals surface area contributed by atoms with Crippen molar-refractivity contribution in [2.45, 2.75) is 38.2 Å². The number of rotatable bonds is 4. The number of aromatic nitrogens is 1. The summed E-state index contributed by atoms with van der Waals surface area (Å²) in [5.41, 5.74) is 4.56. The third-order valence-corrected chi connectivity index (χ3v) is 5.62. The second-order valence-electron chi connectivity index (χ2n) is 7.28. The molecule has 2 aliphatic heterocycles. The van der Waals surface area contributed by atoms with Crippen LogP contribution in [0.3, 0.4) is 0 Å². The van der Waals surface area contributed by atoms with Gasteiger partial charge in [0.1, 0.15) is 23.6 Å². The molecule has 0 unspecified atom stereocenters. The summed E-state index contributed by atoms with van der Waals surface area (Å²) >= 11 is 0. The maximum absolute atomic E-state index is 12.0. The van der Waals surface area contributed by atoms with Crippen LogP contribution in [0.5, 0.6) is 5.75 Å². The highest BCUT2D eigenvalue weighted by atomic mass is 16.5.